The van der Waals surface area contributed by atoms with Gasteiger partial charge in [-0.25, -0.2) is 4.79 Å². The van der Waals surface area contributed by atoms with Gasteiger partial charge < -0.3 is 14.3 Å². The lowest BCUT2D eigenvalue weighted by Crippen LogP contribution is -2.10. The summed E-state index contributed by atoms with van der Waals surface area (Å²) >= 11 is 0. The number of benzene rings is 1. The van der Waals surface area contributed by atoms with Crippen LogP contribution in [0.15, 0.2) is 45.8 Å². The normalized spacial score (nSPS) is 11.2. The second kappa shape index (κ2) is 5.44. The van der Waals surface area contributed by atoms with E-state index in [1.165, 1.54) is 0 Å². The Morgan fingerprint density at radius 1 is 1.19 bits per heavy atom. The molecule has 21 heavy (non-hydrogen) atoms. The van der Waals surface area contributed by atoms with E-state index in [-0.39, 0.29) is 11.2 Å². The quantitative estimate of drug-likeness (QED) is 0.936. The first kappa shape index (κ1) is 14.8. The van der Waals surface area contributed by atoms with Gasteiger partial charge in [0, 0.05) is 6.07 Å². The van der Waals surface area contributed by atoms with Crippen molar-refractivity contribution >= 4 is 5.97 Å². The van der Waals surface area contributed by atoms with Crippen LogP contribution in [0.5, 0.6) is 11.5 Å². The van der Waals surface area contributed by atoms with Crippen LogP contribution in [0.4, 0.5) is 0 Å². The zero-order chi connectivity index (χ0) is 15.6. The molecule has 2 aromatic rings. The minimum absolute atomic E-state index is 0.0285. The first-order chi connectivity index (χ1) is 9.77. The van der Waals surface area contributed by atoms with Crippen LogP contribution in [0.2, 0.25) is 0 Å². The summed E-state index contributed by atoms with van der Waals surface area (Å²) in [5, 5.41) is 8.72. The Hall–Kier alpha value is -2.56. The summed E-state index contributed by atoms with van der Waals surface area (Å²) < 4.78 is 10.2. The van der Waals surface area contributed by atoms with Crippen LogP contribution in [-0.4, -0.2) is 11.1 Å². The van der Waals surface area contributed by atoms with E-state index >= 15 is 0 Å². The first-order valence-electron chi connectivity index (χ1n) is 6.42. The van der Waals surface area contributed by atoms with E-state index in [4.69, 9.17) is 14.3 Å². The summed E-state index contributed by atoms with van der Waals surface area (Å²) in [7, 11) is 0. The Morgan fingerprint density at radius 2 is 1.81 bits per heavy atom. The third-order valence-electron chi connectivity index (χ3n) is 2.96. The van der Waals surface area contributed by atoms with Gasteiger partial charge in [-0.3, -0.25) is 4.79 Å². The molecule has 0 aliphatic rings. The van der Waals surface area contributed by atoms with E-state index in [1.807, 2.05) is 12.1 Å². The van der Waals surface area contributed by atoms with Crippen LogP contribution in [0, 0.1) is 0 Å². The molecule has 0 aliphatic carbocycles. The summed E-state index contributed by atoms with van der Waals surface area (Å²) in [5.74, 6) is -1.29. The molecule has 1 aromatic carbocycles. The highest BCUT2D eigenvalue weighted by atomic mass is 16.5. The topological polar surface area (TPSA) is 76.7 Å². The summed E-state index contributed by atoms with van der Waals surface area (Å²) in [6, 6.07) is 8.24. The Kier molecular flexibility index (Phi) is 3.84. The van der Waals surface area contributed by atoms with Crippen molar-refractivity contribution in [3.8, 4) is 11.5 Å². The van der Waals surface area contributed by atoms with Gasteiger partial charge in [-0.2, -0.15) is 0 Å². The molecule has 5 nitrogen and oxygen atoms in total. The van der Waals surface area contributed by atoms with Crippen LogP contribution in [-0.2, 0) is 5.41 Å². The highest BCUT2D eigenvalue weighted by Crippen LogP contribution is 2.26. The third-order valence-corrected chi connectivity index (χ3v) is 2.96. The van der Waals surface area contributed by atoms with Crippen LogP contribution in [0.25, 0.3) is 0 Å². The van der Waals surface area contributed by atoms with Crippen molar-refractivity contribution in [3.63, 3.8) is 0 Å². The Labute approximate surface area is 121 Å². The lowest BCUT2D eigenvalue weighted by molar-refractivity contribution is 0.0659. The number of carboxylic acids is 1. The molecule has 0 bridgehead atoms. The van der Waals surface area contributed by atoms with Gasteiger partial charge in [-0.15, -0.1) is 0 Å². The number of carbonyl (C=O) groups is 1. The molecule has 1 aromatic heterocycles. The number of carboxylic acid groups (broad SMARTS) is 1. The zero-order valence-corrected chi connectivity index (χ0v) is 12.0. The average molecular weight is 288 g/mol. The maximum absolute atomic E-state index is 11.7. The van der Waals surface area contributed by atoms with Gasteiger partial charge in [0.2, 0.25) is 16.9 Å². The van der Waals surface area contributed by atoms with Crippen molar-refractivity contribution in [2.75, 3.05) is 0 Å². The van der Waals surface area contributed by atoms with Gasteiger partial charge >= 0.3 is 5.97 Å². The van der Waals surface area contributed by atoms with E-state index < -0.39 is 17.2 Å². The monoisotopic (exact) mass is 288 g/mol. The third kappa shape index (κ3) is 3.51. The number of rotatable bonds is 3. The fraction of sp³-hybridized carbons (Fsp3) is 0.250. The molecule has 0 atom stereocenters. The van der Waals surface area contributed by atoms with E-state index in [1.54, 1.807) is 12.1 Å². The van der Waals surface area contributed by atoms with E-state index in [0.717, 1.165) is 17.9 Å². The molecule has 0 fully saturated rings. The van der Waals surface area contributed by atoms with Gasteiger partial charge in [0.15, 0.2) is 0 Å². The first-order valence-corrected chi connectivity index (χ1v) is 6.42. The number of hydrogen-bond acceptors (Lipinski definition) is 4. The van der Waals surface area contributed by atoms with Crippen molar-refractivity contribution < 1.29 is 19.1 Å². The minimum Gasteiger partial charge on any atom is -0.475 e. The molecule has 0 spiro atoms. The van der Waals surface area contributed by atoms with Crippen LogP contribution in [0.3, 0.4) is 0 Å². The van der Waals surface area contributed by atoms with Crippen molar-refractivity contribution in [2.24, 2.45) is 0 Å². The maximum atomic E-state index is 11.7. The van der Waals surface area contributed by atoms with Crippen molar-refractivity contribution in [1.82, 2.24) is 0 Å². The molecule has 1 N–H and O–H groups in total. The predicted octanol–water partition coefficient (Wildman–Crippen LogP) is 3.43. The fourth-order valence-corrected chi connectivity index (χ4v) is 1.74. The molecule has 2 rings (SSSR count). The molecule has 0 saturated carbocycles. The van der Waals surface area contributed by atoms with Gasteiger partial charge in [0.1, 0.15) is 12.0 Å². The van der Waals surface area contributed by atoms with Gasteiger partial charge in [-0.1, -0.05) is 32.9 Å². The molecule has 1 heterocycles. The number of hydrogen-bond donors (Lipinski definition) is 1. The molecule has 0 saturated heterocycles. The van der Waals surface area contributed by atoms with Gasteiger partial charge in [0.05, 0.1) is 0 Å². The van der Waals surface area contributed by atoms with E-state index in [2.05, 4.69) is 20.8 Å². The lowest BCUT2D eigenvalue weighted by atomic mass is 9.87. The van der Waals surface area contributed by atoms with Crippen LogP contribution >= 0.6 is 0 Å². The molecule has 110 valence electrons. The molecular formula is C16H16O5. The highest BCUT2D eigenvalue weighted by molar-refractivity contribution is 5.84. The molecule has 0 amide bonds. The standard InChI is InChI=1S/C16H16O5/c1-16(2,3)10-4-6-11(7-5-10)21-14-9-20-13(15(18)19)8-12(14)17/h4-9H,1-3H3,(H,18,19). The lowest BCUT2D eigenvalue weighted by Gasteiger charge is -2.19. The predicted molar refractivity (Wildman–Crippen MR) is 77.2 cm³/mol. The summed E-state index contributed by atoms with van der Waals surface area (Å²) in [6.07, 6.45) is 1.00. The summed E-state index contributed by atoms with van der Waals surface area (Å²) in [6.45, 7) is 6.30. The van der Waals surface area contributed by atoms with Crippen LogP contribution in [0.1, 0.15) is 36.9 Å². The molecule has 0 radical (unpaired) electrons. The fourth-order valence-electron chi connectivity index (χ4n) is 1.74. The highest BCUT2D eigenvalue weighted by Gasteiger charge is 2.14. The Bertz CT molecular complexity index is 705. The van der Waals surface area contributed by atoms with E-state index in [9.17, 15) is 9.59 Å². The number of ether oxygens (including phenoxy) is 1. The molecule has 5 heteroatoms. The van der Waals surface area contributed by atoms with E-state index in [0.29, 0.717) is 5.75 Å². The van der Waals surface area contributed by atoms with Crippen molar-refractivity contribution in [2.45, 2.75) is 26.2 Å². The summed E-state index contributed by atoms with van der Waals surface area (Å²) in [5.41, 5.74) is 0.627. The van der Waals surface area contributed by atoms with Crippen LogP contribution < -0.4 is 10.2 Å². The number of aromatic carboxylic acids is 1. The molecule has 0 unspecified atom stereocenters. The van der Waals surface area contributed by atoms with Crippen molar-refractivity contribution in [3.05, 3.63) is 58.1 Å². The summed E-state index contributed by atoms with van der Waals surface area (Å²) in [4.78, 5) is 22.4. The minimum atomic E-state index is -1.30. The van der Waals surface area contributed by atoms with Gasteiger partial charge in [0.25, 0.3) is 0 Å². The second-order valence-corrected chi connectivity index (χ2v) is 5.65. The maximum Gasteiger partial charge on any atom is 0.371 e. The Morgan fingerprint density at radius 3 is 2.29 bits per heavy atom. The smallest absolute Gasteiger partial charge is 0.371 e. The zero-order valence-electron chi connectivity index (χ0n) is 12.0. The second-order valence-electron chi connectivity index (χ2n) is 5.65. The molecule has 0 aliphatic heterocycles. The van der Waals surface area contributed by atoms with Crippen molar-refractivity contribution in [1.29, 1.82) is 0 Å². The Balaban J connectivity index is 2.23. The molecular weight excluding hydrogens is 272 g/mol. The largest absolute Gasteiger partial charge is 0.475 e. The average Bonchev–Trinajstić information content (AvgIpc) is 2.40. The van der Waals surface area contributed by atoms with Gasteiger partial charge in [-0.05, 0) is 23.1 Å². The SMILES string of the molecule is CC(C)(C)c1ccc(Oc2coc(C(=O)O)cc2=O)cc1.